The van der Waals surface area contributed by atoms with Crippen molar-refractivity contribution in [3.63, 3.8) is 0 Å². The second kappa shape index (κ2) is 43.6. The molecule has 0 aliphatic heterocycles. The van der Waals surface area contributed by atoms with Gasteiger partial charge in [0.25, 0.3) is 0 Å². The molecule has 0 spiro atoms. The van der Waals surface area contributed by atoms with Gasteiger partial charge in [0.05, 0.1) is 29.4 Å². The Morgan fingerprint density at radius 1 is 0.279 bits per heavy atom. The van der Waals surface area contributed by atoms with Gasteiger partial charge in [-0.3, -0.25) is 0 Å². The lowest BCUT2D eigenvalue weighted by molar-refractivity contribution is 0.460. The SMILES string of the molecule is C.CC.CC.CCc1ccc(/C=C/c2ccc(Nc3nc(Nc4ccc(/C=C/c5ccc(Cc6nc(Cc7ccccc7)nc(N(C)C)n6)cc5S(=O)(=O)[O-])c(S(=O)(=O)[O-])c4)nc(N(C)C)n3)cc2S(=O)(=O)[O-])c(S(=O)(=O)[O-])c1.Cc1nc(Cc2ccc(/C=C/c3ccc(Nc4nc(Nc5ccccc5)nc(N(C)C)n4)cc3S(=O)(=O)[O-])c(S(=O)(=O)[O-])c2)nc(N(C)C)n1. The maximum Gasteiger partial charge on any atom is 0.233 e. The zero-order valence-electron chi connectivity index (χ0n) is 71.4. The van der Waals surface area contributed by atoms with Crippen molar-refractivity contribution in [1.29, 1.82) is 0 Å². The average Bonchev–Trinajstić information content (AvgIpc) is 0.803. The summed E-state index contributed by atoms with van der Waals surface area (Å²) in [4.78, 5) is 55.3. The van der Waals surface area contributed by atoms with Crippen LogP contribution in [0.1, 0.15) is 121 Å². The van der Waals surface area contributed by atoms with Crippen molar-refractivity contribution in [2.24, 2.45) is 0 Å². The van der Waals surface area contributed by atoms with E-state index in [0.29, 0.717) is 70.7 Å². The van der Waals surface area contributed by atoms with Crippen LogP contribution in [0.15, 0.2) is 199 Å². The van der Waals surface area contributed by atoms with Crippen LogP contribution in [0.2, 0.25) is 0 Å². The fourth-order valence-corrected chi connectivity index (χ4v) is 16.1. The molecule has 682 valence electrons. The van der Waals surface area contributed by atoms with Crippen LogP contribution in [0, 0.1) is 6.92 Å². The molecule has 12 aromatic rings. The maximum absolute atomic E-state index is 12.7. The molecule has 0 amide bonds. The fraction of sp³-hybridized carbons (Fsp3) is 0.224. The summed E-state index contributed by atoms with van der Waals surface area (Å²) in [6, 6.07) is 42.4. The lowest BCUT2D eigenvalue weighted by atomic mass is 10.1. The zero-order chi connectivity index (χ0) is 94.0. The van der Waals surface area contributed by atoms with Crippen molar-refractivity contribution in [1.82, 2.24) is 59.8 Å². The molecular weight excluding hydrogens is 1780 g/mol. The predicted octanol–water partition coefficient (Wildman–Crippen LogP) is 11.6. The van der Waals surface area contributed by atoms with Crippen LogP contribution >= 0.6 is 0 Å². The number of nitrogens with zero attached hydrogens (tertiary/aromatic N) is 16. The second-order valence-corrected chi connectivity index (χ2v) is 36.1. The molecule has 4 heterocycles. The number of nitrogens with one attached hydrogen (secondary N) is 4. The van der Waals surface area contributed by atoms with Crippen molar-refractivity contribution >= 4 is 168 Å². The molecule has 38 nitrogen and oxygen atoms in total. The molecule has 4 aromatic heterocycles. The van der Waals surface area contributed by atoms with E-state index in [1.54, 1.807) is 103 Å². The Labute approximate surface area is 750 Å². The highest BCUT2D eigenvalue weighted by Crippen LogP contribution is 2.33. The third-order valence-electron chi connectivity index (χ3n) is 17.7. The quantitative estimate of drug-likeness (QED) is 0.0231. The maximum atomic E-state index is 12.7. The highest BCUT2D eigenvalue weighted by atomic mass is 32.2. The summed E-state index contributed by atoms with van der Waals surface area (Å²) in [5, 5.41) is 11.6. The van der Waals surface area contributed by atoms with Crippen LogP contribution in [0.25, 0.3) is 36.5 Å². The Hall–Kier alpha value is -13.1. The molecule has 44 heteroatoms. The van der Waals surface area contributed by atoms with Crippen LogP contribution in [-0.2, 0) is 86.4 Å². The Kier molecular flexibility index (Phi) is 34.2. The Bertz CT molecular complexity index is 6890. The average molecular weight is 1870 g/mol. The number of anilines is 12. The van der Waals surface area contributed by atoms with Gasteiger partial charge in [-0.1, -0.05) is 182 Å². The van der Waals surface area contributed by atoms with E-state index in [1.807, 2.05) is 88.4 Å². The summed E-state index contributed by atoms with van der Waals surface area (Å²) >= 11 is 0. The Morgan fingerprint density at radius 3 is 0.829 bits per heavy atom. The first-order valence-corrected chi connectivity index (χ1v) is 47.2. The lowest BCUT2D eigenvalue weighted by Crippen LogP contribution is -2.17. The number of hydrogen-bond acceptors (Lipinski definition) is 38. The summed E-state index contributed by atoms with van der Waals surface area (Å²) in [6.45, 7) is 11.5. The normalized spacial score (nSPS) is 11.8. The minimum absolute atomic E-state index is 0. The molecule has 0 atom stereocenters. The molecule has 0 radical (unpaired) electrons. The zero-order valence-corrected chi connectivity index (χ0v) is 76.3. The van der Waals surface area contributed by atoms with Gasteiger partial charge >= 0.3 is 0 Å². The van der Waals surface area contributed by atoms with E-state index >= 15 is 0 Å². The van der Waals surface area contributed by atoms with Gasteiger partial charge in [0.2, 0.25) is 47.6 Å². The first-order chi connectivity index (χ1) is 60.3. The molecule has 8 aromatic carbocycles. The predicted molar refractivity (Wildman–Crippen MR) is 488 cm³/mol. The molecule has 0 aliphatic rings. The van der Waals surface area contributed by atoms with Crippen molar-refractivity contribution in [2.75, 3.05) is 97.2 Å². The molecular formula is C85H92N20O18S6-6. The number of aromatic nitrogens is 12. The van der Waals surface area contributed by atoms with Gasteiger partial charge < -0.3 is 68.2 Å². The molecule has 0 aliphatic carbocycles. The Balaban J connectivity index is 0.000000325. The minimum atomic E-state index is -5.23. The molecule has 0 saturated carbocycles. The molecule has 0 saturated heterocycles. The first kappa shape index (κ1) is 101. The first-order valence-electron chi connectivity index (χ1n) is 38.7. The van der Waals surface area contributed by atoms with Gasteiger partial charge in [-0.25, -0.2) is 60.5 Å². The number of para-hydroxylation sites is 1. The van der Waals surface area contributed by atoms with Crippen molar-refractivity contribution in [3.05, 3.63) is 249 Å². The van der Waals surface area contributed by atoms with Gasteiger partial charge in [0, 0.05) is 98.4 Å². The van der Waals surface area contributed by atoms with Crippen molar-refractivity contribution in [2.45, 2.75) is 104 Å². The fourth-order valence-electron chi connectivity index (χ4n) is 11.8. The molecule has 4 N–H and O–H groups in total. The van der Waals surface area contributed by atoms with Gasteiger partial charge in [0.15, 0.2) is 0 Å². The smallest absolute Gasteiger partial charge is 0.233 e. The summed E-state index contributed by atoms with van der Waals surface area (Å²) < 4.78 is 223. The summed E-state index contributed by atoms with van der Waals surface area (Å²) in [5.41, 5.74) is 2.75. The van der Waals surface area contributed by atoms with E-state index in [0.717, 1.165) is 35.5 Å². The highest BCUT2D eigenvalue weighted by molar-refractivity contribution is 7.87. The van der Waals surface area contributed by atoms with E-state index in [9.17, 15) is 77.8 Å². The van der Waals surface area contributed by atoms with Crippen molar-refractivity contribution in [3.8, 4) is 0 Å². The van der Waals surface area contributed by atoms with E-state index in [2.05, 4.69) is 81.1 Å². The minimum Gasteiger partial charge on any atom is -0.744 e. The summed E-state index contributed by atoms with van der Waals surface area (Å²) in [6.07, 6.45) is 8.18. The standard InChI is InChI=1S/C48H48N10O12S4.C32H34N10O6S2.2C2H6.CH4/c1-6-30-12-14-33(39(24-30)71(59,60)61)16-18-35-20-22-37(28-41(35)73(65,66)67)49-45-54-46(56-48(55-45)58(4)5)50-38-23-21-36(42(29-38)74(68,69)70)19-17-34-15-13-32(25-40(34)72(62,63)64)27-44-51-43(52-47(53-44)57(2)3)26-31-10-8-7-9-11-31;1-20-33-28(37-31(34-20)41(2)3)18-21-11-12-22(26(17-21)49(43,44)45)13-14-23-15-16-25(19-27(23)50(46,47)48)36-30-38-29(39-32(40-30)42(4)5)35-24-9-7-6-8-10-24;2*1-2;/h7-25,28-29H,6,26-27H2,1-5H3,(H,59,60,61)(H,62,63,64)(H,65,66,67)(H,68,69,70)(H2,49,50,54,55,56);6-17,19H,18H2,1-5H3,(H,43,44,45)(H,46,47,48)(H2,35,36,38,39,40);2*1-2H3;1H4/p-6/b18-16+,19-17+;14-13+;;;. The van der Waals surface area contributed by atoms with Gasteiger partial charge in [-0.05, 0) is 136 Å². The van der Waals surface area contributed by atoms with Crippen LogP contribution < -0.4 is 40.9 Å². The third kappa shape index (κ3) is 28.7. The molecule has 0 bridgehead atoms. The second-order valence-electron chi connectivity index (χ2n) is 28.0. The molecule has 129 heavy (non-hydrogen) atoms. The van der Waals surface area contributed by atoms with Gasteiger partial charge in [0.1, 0.15) is 84.0 Å². The number of hydrogen-bond donors (Lipinski definition) is 4. The van der Waals surface area contributed by atoms with Gasteiger partial charge in [-0.2, -0.15) is 49.8 Å². The third-order valence-corrected chi connectivity index (χ3v) is 23.1. The van der Waals surface area contributed by atoms with Gasteiger partial charge in [-0.15, -0.1) is 0 Å². The van der Waals surface area contributed by atoms with Crippen LogP contribution in [0.4, 0.5) is 70.3 Å². The molecule has 0 fully saturated rings. The number of aryl methyl sites for hydroxylation is 2. The summed E-state index contributed by atoms with van der Waals surface area (Å²) in [7, 11) is -16.7. The van der Waals surface area contributed by atoms with Crippen LogP contribution in [-0.4, -0.2) is 194 Å². The van der Waals surface area contributed by atoms with E-state index in [1.165, 1.54) is 108 Å². The number of benzene rings is 8. The van der Waals surface area contributed by atoms with E-state index in [4.69, 9.17) is 0 Å². The molecule has 12 rings (SSSR count). The highest BCUT2D eigenvalue weighted by Gasteiger charge is 2.21. The van der Waals surface area contributed by atoms with E-state index < -0.39 is 90.1 Å². The van der Waals surface area contributed by atoms with Crippen molar-refractivity contribution < 1.29 is 77.8 Å². The monoisotopic (exact) mass is 1870 g/mol. The van der Waals surface area contributed by atoms with Crippen LogP contribution in [0.5, 0.6) is 0 Å². The summed E-state index contributed by atoms with van der Waals surface area (Å²) in [5.74, 6) is 2.63. The van der Waals surface area contributed by atoms with Crippen LogP contribution in [0.3, 0.4) is 0 Å². The largest absolute Gasteiger partial charge is 0.744 e. The lowest BCUT2D eigenvalue weighted by Gasteiger charge is -2.17. The topological polar surface area (TPSA) is 559 Å². The van der Waals surface area contributed by atoms with E-state index in [-0.39, 0.29) is 100 Å². The molecule has 0 unspecified atom stereocenters. The number of rotatable bonds is 31. The Morgan fingerprint density at radius 2 is 0.527 bits per heavy atom.